The third kappa shape index (κ3) is 2.84. The van der Waals surface area contributed by atoms with Crippen molar-refractivity contribution < 1.29 is 14.3 Å². The van der Waals surface area contributed by atoms with Crippen molar-refractivity contribution in [3.63, 3.8) is 0 Å². The van der Waals surface area contributed by atoms with Crippen LogP contribution >= 0.6 is 0 Å². The highest BCUT2D eigenvalue weighted by Crippen LogP contribution is 2.60. The average molecular weight is 302 g/mol. The maximum atomic E-state index is 12.6. The van der Waals surface area contributed by atoms with Gasteiger partial charge in [-0.05, 0) is 38.5 Å². The second kappa shape index (κ2) is 5.57. The fourth-order valence-corrected chi connectivity index (χ4v) is 3.72. The lowest BCUT2D eigenvalue weighted by Gasteiger charge is -2.29. The van der Waals surface area contributed by atoms with E-state index in [4.69, 9.17) is 11.2 Å². The van der Waals surface area contributed by atoms with Crippen LogP contribution in [0.1, 0.15) is 53.9 Å². The zero-order valence-corrected chi connectivity index (χ0v) is 14.2. The first-order valence-electron chi connectivity index (χ1n) is 7.97. The molecule has 4 atom stereocenters. The van der Waals surface area contributed by atoms with Crippen LogP contribution in [0.15, 0.2) is 11.6 Å². The SMILES string of the molecule is C#CCC1C(=O)CCC1(C)OC(=O)[C@H]1C(C=C(C)C)C1(C)C. The van der Waals surface area contributed by atoms with E-state index in [1.54, 1.807) is 0 Å². The first kappa shape index (κ1) is 16.8. The van der Waals surface area contributed by atoms with Crippen molar-refractivity contribution in [1.29, 1.82) is 0 Å². The number of rotatable bonds is 4. The van der Waals surface area contributed by atoms with E-state index in [0.29, 0.717) is 19.3 Å². The summed E-state index contributed by atoms with van der Waals surface area (Å²) in [4.78, 5) is 24.6. The molecule has 2 aliphatic carbocycles. The molecule has 3 nitrogen and oxygen atoms in total. The van der Waals surface area contributed by atoms with Gasteiger partial charge in [-0.2, -0.15) is 0 Å². The summed E-state index contributed by atoms with van der Waals surface area (Å²) in [5, 5.41) is 0. The number of carbonyl (C=O) groups excluding carboxylic acids is 2. The van der Waals surface area contributed by atoms with Gasteiger partial charge < -0.3 is 4.74 Å². The zero-order chi connectivity index (χ0) is 16.7. The molecule has 0 spiro atoms. The number of terminal acetylenes is 1. The van der Waals surface area contributed by atoms with Gasteiger partial charge in [0.05, 0.1) is 11.8 Å². The van der Waals surface area contributed by atoms with Crippen LogP contribution < -0.4 is 0 Å². The van der Waals surface area contributed by atoms with Crippen LogP contribution in [0.25, 0.3) is 0 Å². The minimum atomic E-state index is -0.741. The van der Waals surface area contributed by atoms with Crippen molar-refractivity contribution in [1.82, 2.24) is 0 Å². The first-order valence-corrected chi connectivity index (χ1v) is 7.97. The lowest BCUT2D eigenvalue weighted by molar-refractivity contribution is -0.164. The van der Waals surface area contributed by atoms with E-state index in [1.165, 1.54) is 5.57 Å². The Hall–Kier alpha value is -1.56. The number of carbonyl (C=O) groups is 2. The van der Waals surface area contributed by atoms with Crippen LogP contribution in [0, 0.1) is 35.5 Å². The Morgan fingerprint density at radius 3 is 2.59 bits per heavy atom. The summed E-state index contributed by atoms with van der Waals surface area (Å²) in [5.41, 5.74) is 0.393. The van der Waals surface area contributed by atoms with Crippen LogP contribution in [0.2, 0.25) is 0 Å². The normalized spacial score (nSPS) is 35.6. The quantitative estimate of drug-likeness (QED) is 0.453. The number of ether oxygens (including phenoxy) is 1. The molecule has 0 aromatic carbocycles. The van der Waals surface area contributed by atoms with E-state index in [-0.39, 0.29) is 34.9 Å². The Labute approximate surface area is 133 Å². The molecule has 22 heavy (non-hydrogen) atoms. The van der Waals surface area contributed by atoms with Crippen LogP contribution in [0.4, 0.5) is 0 Å². The van der Waals surface area contributed by atoms with Crippen LogP contribution in [-0.2, 0) is 14.3 Å². The molecule has 0 bridgehead atoms. The van der Waals surface area contributed by atoms with E-state index in [1.807, 2.05) is 20.8 Å². The van der Waals surface area contributed by atoms with Crippen molar-refractivity contribution >= 4 is 11.8 Å². The number of ketones is 1. The van der Waals surface area contributed by atoms with Crippen molar-refractivity contribution in [3.05, 3.63) is 11.6 Å². The highest BCUT2D eigenvalue weighted by molar-refractivity contribution is 5.86. The molecule has 0 amide bonds. The molecule has 2 fully saturated rings. The van der Waals surface area contributed by atoms with E-state index < -0.39 is 5.60 Å². The summed E-state index contributed by atoms with van der Waals surface area (Å²) in [6.45, 7) is 10.1. The molecule has 120 valence electrons. The lowest BCUT2D eigenvalue weighted by Crippen LogP contribution is -2.38. The third-order valence-electron chi connectivity index (χ3n) is 5.33. The van der Waals surface area contributed by atoms with Gasteiger partial charge in [0, 0.05) is 12.8 Å². The van der Waals surface area contributed by atoms with Crippen molar-refractivity contribution in [2.24, 2.45) is 23.2 Å². The van der Waals surface area contributed by atoms with Crippen molar-refractivity contribution in [3.8, 4) is 12.3 Å². The Balaban J connectivity index is 2.11. The number of allylic oxidation sites excluding steroid dienone is 2. The van der Waals surface area contributed by atoms with Gasteiger partial charge >= 0.3 is 5.97 Å². The molecule has 2 saturated carbocycles. The van der Waals surface area contributed by atoms with E-state index >= 15 is 0 Å². The molecule has 0 radical (unpaired) electrons. The molecule has 0 aromatic heterocycles. The molecular formula is C19H26O3. The van der Waals surface area contributed by atoms with Gasteiger partial charge in [0.1, 0.15) is 11.4 Å². The summed E-state index contributed by atoms with van der Waals surface area (Å²) in [6.07, 6.45) is 8.87. The van der Waals surface area contributed by atoms with Gasteiger partial charge in [0.25, 0.3) is 0 Å². The lowest BCUT2D eigenvalue weighted by atomic mass is 9.89. The number of hydrogen-bond donors (Lipinski definition) is 0. The van der Waals surface area contributed by atoms with Crippen molar-refractivity contribution in [2.45, 2.75) is 59.5 Å². The maximum absolute atomic E-state index is 12.6. The molecule has 0 aliphatic heterocycles. The number of Topliss-reactive ketones (excluding diaryl/α,β-unsaturated/α-hetero) is 1. The average Bonchev–Trinajstić information content (AvgIpc) is 2.81. The van der Waals surface area contributed by atoms with Gasteiger partial charge in [-0.3, -0.25) is 9.59 Å². The van der Waals surface area contributed by atoms with Gasteiger partial charge in [-0.15, -0.1) is 12.3 Å². The van der Waals surface area contributed by atoms with Gasteiger partial charge in [-0.25, -0.2) is 0 Å². The second-order valence-electron chi connectivity index (χ2n) is 7.73. The molecule has 2 rings (SSSR count). The predicted molar refractivity (Wildman–Crippen MR) is 85.9 cm³/mol. The van der Waals surface area contributed by atoms with E-state index in [2.05, 4.69) is 25.8 Å². The smallest absolute Gasteiger partial charge is 0.310 e. The molecule has 0 saturated heterocycles. The zero-order valence-electron chi connectivity index (χ0n) is 14.2. The molecule has 0 aromatic rings. The van der Waals surface area contributed by atoms with E-state index in [0.717, 1.165) is 0 Å². The number of hydrogen-bond acceptors (Lipinski definition) is 3. The summed E-state index contributed by atoms with van der Waals surface area (Å²) >= 11 is 0. The molecule has 3 heteroatoms. The van der Waals surface area contributed by atoms with Gasteiger partial charge in [0.15, 0.2) is 0 Å². The predicted octanol–water partition coefficient (Wildman–Crippen LogP) is 3.53. The van der Waals surface area contributed by atoms with Crippen LogP contribution in [0.3, 0.4) is 0 Å². The largest absolute Gasteiger partial charge is 0.458 e. The summed E-state index contributed by atoms with van der Waals surface area (Å²) in [6, 6.07) is 0. The highest BCUT2D eigenvalue weighted by Gasteiger charge is 2.62. The van der Waals surface area contributed by atoms with Crippen LogP contribution in [0.5, 0.6) is 0 Å². The topological polar surface area (TPSA) is 43.4 Å². The Morgan fingerprint density at radius 2 is 2.05 bits per heavy atom. The second-order valence-corrected chi connectivity index (χ2v) is 7.73. The van der Waals surface area contributed by atoms with Crippen molar-refractivity contribution in [2.75, 3.05) is 0 Å². The molecular weight excluding hydrogens is 276 g/mol. The van der Waals surface area contributed by atoms with Gasteiger partial charge in [0.2, 0.25) is 0 Å². The third-order valence-corrected chi connectivity index (χ3v) is 5.33. The Kier molecular flexibility index (Phi) is 4.26. The first-order chi connectivity index (χ1) is 10.1. The maximum Gasteiger partial charge on any atom is 0.310 e. The molecule has 0 heterocycles. The van der Waals surface area contributed by atoms with Gasteiger partial charge in [-0.1, -0.05) is 25.5 Å². The van der Waals surface area contributed by atoms with Crippen LogP contribution in [-0.4, -0.2) is 17.4 Å². The Morgan fingerprint density at radius 1 is 1.41 bits per heavy atom. The highest BCUT2D eigenvalue weighted by atomic mass is 16.6. The molecule has 2 aliphatic rings. The number of esters is 1. The fraction of sp³-hybridized carbons (Fsp3) is 0.684. The standard InChI is InChI=1S/C19H26O3/c1-7-8-13-15(20)9-10-19(13,6)22-17(21)16-14(11-12(2)3)18(16,4)5/h1,11,13-14,16H,8-10H2,2-6H3/t13?,14?,16-,19?/m1/s1. The summed E-state index contributed by atoms with van der Waals surface area (Å²) in [7, 11) is 0. The summed E-state index contributed by atoms with van der Waals surface area (Å²) in [5.74, 6) is 2.21. The van der Waals surface area contributed by atoms with E-state index in [9.17, 15) is 9.59 Å². The molecule has 0 N–H and O–H groups in total. The monoisotopic (exact) mass is 302 g/mol. The molecule has 3 unspecified atom stereocenters. The summed E-state index contributed by atoms with van der Waals surface area (Å²) < 4.78 is 5.82. The Bertz CT molecular complexity index is 560. The minimum Gasteiger partial charge on any atom is -0.458 e. The fourth-order valence-electron chi connectivity index (χ4n) is 3.72. The minimum absolute atomic E-state index is 0.0745.